The minimum absolute atomic E-state index is 0.368. The number of hydrogen-bond acceptors (Lipinski definition) is 7. The fourth-order valence-corrected chi connectivity index (χ4v) is 7.24. The molecule has 5 rings (SSSR count). The van der Waals surface area contributed by atoms with E-state index in [1.54, 1.807) is 19.5 Å². The quantitative estimate of drug-likeness (QED) is 0.300. The summed E-state index contributed by atoms with van der Waals surface area (Å²) in [6, 6.07) is 14.2. The van der Waals surface area contributed by atoms with E-state index in [1.165, 1.54) is 25.7 Å². The second-order valence-corrected chi connectivity index (χ2v) is 15.2. The molecule has 38 heavy (non-hydrogen) atoms. The summed E-state index contributed by atoms with van der Waals surface area (Å²) in [7, 11) is 1.88. The number of hydrogen-bond donors (Lipinski definition) is 2. The van der Waals surface area contributed by atoms with E-state index in [4.69, 9.17) is 23.2 Å². The van der Waals surface area contributed by atoms with Gasteiger partial charge in [-0.1, -0.05) is 35.3 Å². The Kier molecular flexibility index (Phi) is 7.67. The van der Waals surface area contributed by atoms with Gasteiger partial charge in [-0.25, -0.2) is 4.98 Å². The van der Waals surface area contributed by atoms with Crippen LogP contribution in [0.5, 0.6) is 0 Å². The van der Waals surface area contributed by atoms with Gasteiger partial charge >= 0.3 is 0 Å². The van der Waals surface area contributed by atoms with Crippen LogP contribution in [0.4, 0.5) is 28.8 Å². The Morgan fingerprint density at radius 3 is 2.39 bits per heavy atom. The van der Waals surface area contributed by atoms with E-state index in [0.717, 1.165) is 29.8 Å². The molecule has 0 unspecified atom stereocenters. The maximum absolute atomic E-state index is 12.7. The summed E-state index contributed by atoms with van der Waals surface area (Å²) in [6.45, 7) is 5.62. The molecular formula is C28H35Cl2N6OP. The van der Waals surface area contributed by atoms with Crippen molar-refractivity contribution in [3.63, 3.8) is 0 Å². The lowest BCUT2D eigenvalue weighted by atomic mass is 9.67. The monoisotopic (exact) mass is 572 g/mol. The van der Waals surface area contributed by atoms with Crippen molar-refractivity contribution in [1.82, 2.24) is 14.9 Å². The van der Waals surface area contributed by atoms with Crippen molar-refractivity contribution in [1.29, 1.82) is 0 Å². The fourth-order valence-electron chi connectivity index (χ4n) is 5.64. The van der Waals surface area contributed by atoms with Gasteiger partial charge in [0.05, 0.1) is 22.6 Å². The Bertz CT molecular complexity index is 1360. The van der Waals surface area contributed by atoms with E-state index in [1.807, 2.05) is 36.4 Å². The number of halogens is 2. The summed E-state index contributed by atoms with van der Waals surface area (Å²) in [5, 5.41) is 8.28. The topological polar surface area (TPSA) is 73.4 Å². The van der Waals surface area contributed by atoms with Gasteiger partial charge < -0.3 is 25.0 Å². The van der Waals surface area contributed by atoms with Crippen molar-refractivity contribution in [3.05, 3.63) is 58.7 Å². The standard InChI is InChI=1S/C28H35Cl2N6OP/c1-35(2)20-11-13-28(14-12-20)17-36(18-28)24-10-9-19(15-21(24)29)32-27-31-16-22(30)26(34-27)33-23-7-5-6-8-25(23)38(3,4)37/h5-10,15-16,20H,11-14,17-18H2,1-4H3,(H2,31,32,33,34). The van der Waals surface area contributed by atoms with Crippen LogP contribution in [0, 0.1) is 5.41 Å². The van der Waals surface area contributed by atoms with Crippen LogP contribution in [0.25, 0.3) is 0 Å². The molecule has 202 valence electrons. The van der Waals surface area contributed by atoms with E-state index in [9.17, 15) is 4.57 Å². The first-order chi connectivity index (χ1) is 18.0. The van der Waals surface area contributed by atoms with Crippen molar-refractivity contribution in [3.8, 4) is 0 Å². The van der Waals surface area contributed by atoms with Crippen LogP contribution in [0.15, 0.2) is 48.7 Å². The molecule has 2 N–H and O–H groups in total. The Morgan fingerprint density at radius 2 is 1.74 bits per heavy atom. The molecule has 1 saturated heterocycles. The SMILES string of the molecule is CN(C)C1CCC2(CC1)CN(c1ccc(Nc3ncc(Cl)c(Nc4ccccc4P(C)(C)=O)n3)cc1Cl)C2. The van der Waals surface area contributed by atoms with Crippen LogP contribution in [-0.2, 0) is 4.57 Å². The second kappa shape index (κ2) is 10.7. The molecule has 2 aliphatic rings. The summed E-state index contributed by atoms with van der Waals surface area (Å²) in [5.74, 6) is 0.817. The van der Waals surface area contributed by atoms with Crippen LogP contribution in [0.2, 0.25) is 10.0 Å². The molecular weight excluding hydrogens is 538 g/mol. The largest absolute Gasteiger partial charge is 0.369 e. The smallest absolute Gasteiger partial charge is 0.229 e. The van der Waals surface area contributed by atoms with Gasteiger partial charge in [0, 0.05) is 35.5 Å². The maximum atomic E-state index is 12.7. The van der Waals surface area contributed by atoms with Gasteiger partial charge in [-0.15, -0.1) is 0 Å². The maximum Gasteiger partial charge on any atom is 0.229 e. The first-order valence-electron chi connectivity index (χ1n) is 13.0. The lowest BCUT2D eigenvalue weighted by Crippen LogP contribution is -2.58. The third-order valence-corrected chi connectivity index (χ3v) is 9.95. The summed E-state index contributed by atoms with van der Waals surface area (Å²) in [5.41, 5.74) is 3.01. The number of nitrogens with zero attached hydrogens (tertiary/aromatic N) is 4. The molecule has 2 fully saturated rings. The summed E-state index contributed by atoms with van der Waals surface area (Å²) in [6.07, 6.45) is 6.66. The summed E-state index contributed by atoms with van der Waals surface area (Å²) >= 11 is 13.1. The Balaban J connectivity index is 1.26. The zero-order valence-electron chi connectivity index (χ0n) is 22.3. The highest BCUT2D eigenvalue weighted by atomic mass is 35.5. The van der Waals surface area contributed by atoms with Gasteiger partial charge in [0.1, 0.15) is 12.2 Å². The predicted molar refractivity (Wildman–Crippen MR) is 161 cm³/mol. The van der Waals surface area contributed by atoms with E-state index in [-0.39, 0.29) is 0 Å². The number of benzene rings is 2. The lowest BCUT2D eigenvalue weighted by Gasteiger charge is -2.55. The van der Waals surface area contributed by atoms with Crippen LogP contribution in [0.3, 0.4) is 0 Å². The molecule has 0 amide bonds. The molecule has 0 radical (unpaired) electrons. The van der Waals surface area contributed by atoms with Crippen molar-refractivity contribution < 1.29 is 4.57 Å². The first kappa shape index (κ1) is 27.3. The number of para-hydroxylation sites is 1. The third-order valence-electron chi connectivity index (χ3n) is 7.82. The molecule has 3 aromatic rings. The van der Waals surface area contributed by atoms with Crippen LogP contribution >= 0.6 is 30.3 Å². The highest BCUT2D eigenvalue weighted by Crippen LogP contribution is 2.47. The second-order valence-electron chi connectivity index (χ2n) is 11.2. The van der Waals surface area contributed by atoms with Gasteiger partial charge in [0.2, 0.25) is 5.95 Å². The van der Waals surface area contributed by atoms with E-state index >= 15 is 0 Å². The molecule has 7 nitrogen and oxygen atoms in total. The molecule has 1 aliphatic heterocycles. The molecule has 1 aliphatic carbocycles. The normalized spacial score (nSPS) is 17.5. The zero-order chi connectivity index (χ0) is 27.1. The average Bonchev–Trinajstić information content (AvgIpc) is 2.85. The first-order valence-corrected chi connectivity index (χ1v) is 16.3. The Labute approximate surface area is 235 Å². The van der Waals surface area contributed by atoms with Crippen LogP contribution in [0.1, 0.15) is 25.7 Å². The minimum atomic E-state index is -2.49. The molecule has 0 atom stereocenters. The summed E-state index contributed by atoms with van der Waals surface area (Å²) in [4.78, 5) is 13.6. The van der Waals surface area contributed by atoms with Crippen molar-refractivity contribution in [2.45, 2.75) is 31.7 Å². The third kappa shape index (κ3) is 5.81. The fraction of sp³-hybridized carbons (Fsp3) is 0.429. The van der Waals surface area contributed by atoms with Gasteiger partial charge in [0.15, 0.2) is 5.82 Å². The van der Waals surface area contributed by atoms with Gasteiger partial charge in [-0.2, -0.15) is 4.98 Å². The average molecular weight is 574 g/mol. The Hall–Kier alpha value is -2.31. The van der Waals surface area contributed by atoms with Gasteiger partial charge in [0.25, 0.3) is 0 Å². The number of anilines is 5. The summed E-state index contributed by atoms with van der Waals surface area (Å²) < 4.78 is 12.7. The minimum Gasteiger partial charge on any atom is -0.369 e. The highest BCUT2D eigenvalue weighted by Gasteiger charge is 2.45. The van der Waals surface area contributed by atoms with E-state index < -0.39 is 7.14 Å². The Morgan fingerprint density at radius 1 is 1.03 bits per heavy atom. The van der Waals surface area contributed by atoms with Crippen molar-refractivity contribution in [2.75, 3.05) is 56.0 Å². The van der Waals surface area contributed by atoms with Crippen LogP contribution in [-0.4, -0.2) is 61.4 Å². The molecule has 10 heteroatoms. The van der Waals surface area contributed by atoms with Gasteiger partial charge in [-0.3, -0.25) is 0 Å². The number of aromatic nitrogens is 2. The van der Waals surface area contributed by atoms with Crippen LogP contribution < -0.4 is 20.8 Å². The molecule has 1 aromatic heterocycles. The molecule has 2 aromatic carbocycles. The van der Waals surface area contributed by atoms with Crippen molar-refractivity contribution >= 4 is 64.5 Å². The number of rotatable bonds is 7. The molecule has 2 heterocycles. The molecule has 1 saturated carbocycles. The predicted octanol–water partition coefficient (Wildman–Crippen LogP) is 6.83. The van der Waals surface area contributed by atoms with E-state index in [2.05, 4.69) is 50.6 Å². The number of nitrogens with one attached hydrogen (secondary N) is 2. The van der Waals surface area contributed by atoms with Crippen molar-refractivity contribution in [2.24, 2.45) is 5.41 Å². The molecule has 1 spiro atoms. The zero-order valence-corrected chi connectivity index (χ0v) is 24.7. The molecule has 0 bridgehead atoms. The lowest BCUT2D eigenvalue weighted by molar-refractivity contribution is 0.0888. The van der Waals surface area contributed by atoms with E-state index in [0.29, 0.717) is 39.0 Å². The highest BCUT2D eigenvalue weighted by molar-refractivity contribution is 7.70. The van der Waals surface area contributed by atoms with Gasteiger partial charge in [-0.05, 0) is 83.4 Å².